The Morgan fingerprint density at radius 3 is 2.52 bits per heavy atom. The molecule has 0 bridgehead atoms. The van der Waals surface area contributed by atoms with Gasteiger partial charge in [-0.15, -0.1) is 0 Å². The minimum Gasteiger partial charge on any atom is -0.469 e. The van der Waals surface area contributed by atoms with Crippen molar-refractivity contribution in [2.24, 2.45) is 5.92 Å². The Morgan fingerprint density at radius 1 is 1.22 bits per heavy atom. The van der Waals surface area contributed by atoms with Gasteiger partial charge in [0.15, 0.2) is 5.78 Å². The molecule has 0 spiro atoms. The second-order valence-corrected chi connectivity index (χ2v) is 5.56. The average Bonchev–Trinajstić information content (AvgIpc) is 2.59. The molecule has 0 aromatic heterocycles. The van der Waals surface area contributed by atoms with Crippen LogP contribution in [-0.2, 0) is 25.7 Å². The van der Waals surface area contributed by atoms with Gasteiger partial charge >= 0.3 is 12.1 Å². The molecule has 1 aliphatic heterocycles. The Hall–Kier alpha value is -2.37. The zero-order valence-electron chi connectivity index (χ0n) is 13.4. The molecule has 1 saturated heterocycles. The van der Waals surface area contributed by atoms with Gasteiger partial charge in [-0.3, -0.25) is 14.5 Å². The second kappa shape index (κ2) is 7.76. The largest absolute Gasteiger partial charge is 0.469 e. The number of carbonyl (C=O) groups excluding carboxylic acids is 3. The normalized spacial score (nSPS) is 20.7. The lowest BCUT2D eigenvalue weighted by molar-refractivity contribution is -0.152. The van der Waals surface area contributed by atoms with Crippen molar-refractivity contribution in [2.45, 2.75) is 32.4 Å². The lowest BCUT2D eigenvalue weighted by atomic mass is 9.87. The van der Waals surface area contributed by atoms with E-state index in [4.69, 9.17) is 9.47 Å². The summed E-state index contributed by atoms with van der Waals surface area (Å²) < 4.78 is 10.0. The molecule has 0 saturated carbocycles. The molecule has 23 heavy (non-hydrogen) atoms. The minimum atomic E-state index is -0.820. The van der Waals surface area contributed by atoms with E-state index in [-0.39, 0.29) is 12.4 Å². The van der Waals surface area contributed by atoms with Crippen molar-refractivity contribution >= 4 is 17.8 Å². The third-order valence-electron chi connectivity index (χ3n) is 3.99. The van der Waals surface area contributed by atoms with Crippen molar-refractivity contribution < 1.29 is 23.9 Å². The summed E-state index contributed by atoms with van der Waals surface area (Å²) in [6.45, 7) is 1.90. The monoisotopic (exact) mass is 319 g/mol. The SMILES string of the molecule is COC(=O)C1CCCN(C(=O)OCc2ccccc2)C1C(C)=O. The number of Topliss-reactive ketones (excluding diaryl/α,β-unsaturated/α-hetero) is 1. The van der Waals surface area contributed by atoms with Gasteiger partial charge in [0.1, 0.15) is 12.6 Å². The van der Waals surface area contributed by atoms with Gasteiger partial charge < -0.3 is 9.47 Å². The van der Waals surface area contributed by atoms with Gasteiger partial charge in [0.25, 0.3) is 0 Å². The molecule has 6 nitrogen and oxygen atoms in total. The van der Waals surface area contributed by atoms with Gasteiger partial charge in [-0.05, 0) is 25.3 Å². The number of hydrogen-bond donors (Lipinski definition) is 0. The van der Waals surface area contributed by atoms with Crippen molar-refractivity contribution in [2.75, 3.05) is 13.7 Å². The molecular weight excluding hydrogens is 298 g/mol. The number of hydrogen-bond acceptors (Lipinski definition) is 5. The van der Waals surface area contributed by atoms with E-state index in [1.54, 1.807) is 0 Å². The van der Waals surface area contributed by atoms with E-state index >= 15 is 0 Å². The topological polar surface area (TPSA) is 72.9 Å². The van der Waals surface area contributed by atoms with Gasteiger partial charge in [0.2, 0.25) is 0 Å². The summed E-state index contributed by atoms with van der Waals surface area (Å²) in [6, 6.07) is 8.47. The van der Waals surface area contributed by atoms with Crippen LogP contribution in [-0.4, -0.2) is 42.4 Å². The van der Waals surface area contributed by atoms with Crippen molar-refractivity contribution in [3.8, 4) is 0 Å². The molecule has 0 N–H and O–H groups in total. The summed E-state index contributed by atoms with van der Waals surface area (Å²) in [7, 11) is 1.28. The quantitative estimate of drug-likeness (QED) is 0.795. The molecule has 2 unspecified atom stereocenters. The molecule has 2 atom stereocenters. The third-order valence-corrected chi connectivity index (χ3v) is 3.99. The summed E-state index contributed by atoms with van der Waals surface area (Å²) in [4.78, 5) is 37.5. The van der Waals surface area contributed by atoms with Crippen LogP contribution in [0.2, 0.25) is 0 Å². The molecule has 124 valence electrons. The molecule has 1 aromatic carbocycles. The zero-order chi connectivity index (χ0) is 16.8. The predicted octanol–water partition coefficient (Wildman–Crippen LogP) is 2.17. The maximum absolute atomic E-state index is 12.3. The number of likely N-dealkylation sites (tertiary alicyclic amines) is 1. The van der Waals surface area contributed by atoms with Crippen LogP contribution in [0.4, 0.5) is 4.79 Å². The highest BCUT2D eigenvalue weighted by molar-refractivity contribution is 5.91. The Morgan fingerprint density at radius 2 is 1.91 bits per heavy atom. The van der Waals surface area contributed by atoms with E-state index in [0.29, 0.717) is 19.4 Å². The van der Waals surface area contributed by atoms with E-state index in [9.17, 15) is 14.4 Å². The molecule has 1 amide bonds. The van der Waals surface area contributed by atoms with Gasteiger partial charge in [-0.25, -0.2) is 4.79 Å². The molecule has 0 aliphatic carbocycles. The molecule has 1 heterocycles. The highest BCUT2D eigenvalue weighted by Crippen LogP contribution is 2.26. The number of piperidine rings is 1. The Bertz CT molecular complexity index is 572. The first-order valence-electron chi connectivity index (χ1n) is 7.60. The highest BCUT2D eigenvalue weighted by Gasteiger charge is 2.42. The fraction of sp³-hybridized carbons (Fsp3) is 0.471. The fourth-order valence-electron chi connectivity index (χ4n) is 2.90. The molecule has 1 aliphatic rings. The predicted molar refractivity (Wildman–Crippen MR) is 82.5 cm³/mol. The Balaban J connectivity index is 2.07. The number of ketones is 1. The van der Waals surface area contributed by atoms with Crippen LogP contribution >= 0.6 is 0 Å². The van der Waals surface area contributed by atoms with E-state index < -0.39 is 24.0 Å². The Kier molecular flexibility index (Phi) is 5.73. The standard InChI is InChI=1S/C17H21NO5/c1-12(19)15-14(16(20)22-2)9-6-10-18(15)17(21)23-11-13-7-4-3-5-8-13/h3-5,7-8,14-15H,6,9-11H2,1-2H3. The lowest BCUT2D eigenvalue weighted by Gasteiger charge is -2.37. The van der Waals surface area contributed by atoms with E-state index in [2.05, 4.69) is 0 Å². The summed E-state index contributed by atoms with van der Waals surface area (Å²) in [5.41, 5.74) is 0.863. The average molecular weight is 319 g/mol. The lowest BCUT2D eigenvalue weighted by Crippen LogP contribution is -2.54. The maximum atomic E-state index is 12.3. The van der Waals surface area contributed by atoms with Crippen LogP contribution in [0, 0.1) is 5.92 Å². The van der Waals surface area contributed by atoms with Gasteiger partial charge in [-0.1, -0.05) is 30.3 Å². The van der Waals surface area contributed by atoms with Crippen LogP contribution < -0.4 is 0 Å². The van der Waals surface area contributed by atoms with Crippen LogP contribution in [0.25, 0.3) is 0 Å². The van der Waals surface area contributed by atoms with Gasteiger partial charge in [0, 0.05) is 6.54 Å². The van der Waals surface area contributed by atoms with Crippen molar-refractivity contribution in [1.82, 2.24) is 4.90 Å². The first-order chi connectivity index (χ1) is 11.0. The number of rotatable bonds is 4. The number of benzene rings is 1. The van der Waals surface area contributed by atoms with Crippen LogP contribution in [0.15, 0.2) is 30.3 Å². The van der Waals surface area contributed by atoms with E-state index in [1.807, 2.05) is 30.3 Å². The molecule has 6 heteroatoms. The molecule has 2 rings (SSSR count). The number of esters is 1. The molecule has 1 fully saturated rings. The highest BCUT2D eigenvalue weighted by atomic mass is 16.6. The number of carbonyl (C=O) groups is 3. The van der Waals surface area contributed by atoms with Crippen LogP contribution in [0.3, 0.4) is 0 Å². The Labute approximate surface area is 135 Å². The molecule has 1 aromatic rings. The smallest absolute Gasteiger partial charge is 0.410 e. The minimum absolute atomic E-state index is 0.129. The van der Waals surface area contributed by atoms with Crippen molar-refractivity contribution in [3.63, 3.8) is 0 Å². The number of amides is 1. The molecular formula is C17H21NO5. The van der Waals surface area contributed by atoms with Gasteiger partial charge in [0.05, 0.1) is 13.0 Å². The van der Waals surface area contributed by atoms with Crippen molar-refractivity contribution in [3.05, 3.63) is 35.9 Å². The maximum Gasteiger partial charge on any atom is 0.410 e. The van der Waals surface area contributed by atoms with Gasteiger partial charge in [-0.2, -0.15) is 0 Å². The van der Waals surface area contributed by atoms with Crippen LogP contribution in [0.5, 0.6) is 0 Å². The van der Waals surface area contributed by atoms with E-state index in [1.165, 1.54) is 18.9 Å². The summed E-state index contributed by atoms with van der Waals surface area (Å²) in [5.74, 6) is -1.34. The summed E-state index contributed by atoms with van der Waals surface area (Å²) in [5, 5.41) is 0. The fourth-order valence-corrected chi connectivity index (χ4v) is 2.90. The van der Waals surface area contributed by atoms with Crippen LogP contribution in [0.1, 0.15) is 25.3 Å². The van der Waals surface area contributed by atoms with E-state index in [0.717, 1.165) is 5.56 Å². The summed E-state index contributed by atoms with van der Waals surface area (Å²) in [6.07, 6.45) is 0.575. The first kappa shape index (κ1) is 17.0. The number of ether oxygens (including phenoxy) is 2. The molecule has 0 radical (unpaired) electrons. The van der Waals surface area contributed by atoms with Crippen molar-refractivity contribution in [1.29, 1.82) is 0 Å². The third kappa shape index (κ3) is 4.09. The second-order valence-electron chi connectivity index (χ2n) is 5.56. The zero-order valence-corrected chi connectivity index (χ0v) is 13.4. The number of nitrogens with zero attached hydrogens (tertiary/aromatic N) is 1. The summed E-state index contributed by atoms with van der Waals surface area (Å²) >= 11 is 0. The number of methoxy groups -OCH3 is 1. The first-order valence-corrected chi connectivity index (χ1v) is 7.60.